The summed E-state index contributed by atoms with van der Waals surface area (Å²) in [5, 5.41) is 0.752. The molecule has 0 N–H and O–H groups in total. The molecule has 2 aliphatic heterocycles. The highest BCUT2D eigenvalue weighted by molar-refractivity contribution is 9.10. The summed E-state index contributed by atoms with van der Waals surface area (Å²) in [6, 6.07) is 14.1. The molecule has 0 spiro atoms. The summed E-state index contributed by atoms with van der Waals surface area (Å²) in [6.07, 6.45) is 1.09. The van der Waals surface area contributed by atoms with E-state index in [1.54, 1.807) is 0 Å². The third kappa shape index (κ3) is 2.69. The molecule has 0 aromatic heterocycles. The first kappa shape index (κ1) is 15.5. The van der Waals surface area contributed by atoms with Gasteiger partial charge < -0.3 is 9.47 Å². The highest BCUT2D eigenvalue weighted by Gasteiger charge is 2.50. The third-order valence-electron chi connectivity index (χ3n) is 4.93. The van der Waals surface area contributed by atoms with Gasteiger partial charge in [0.2, 0.25) is 0 Å². The molecule has 0 saturated carbocycles. The van der Waals surface area contributed by atoms with Crippen molar-refractivity contribution in [1.29, 1.82) is 0 Å². The Bertz CT molecular complexity index is 742. The molecule has 2 aromatic rings. The van der Waals surface area contributed by atoms with Crippen LogP contribution < -0.4 is 4.74 Å². The van der Waals surface area contributed by atoms with Gasteiger partial charge in [0.25, 0.3) is 0 Å². The van der Waals surface area contributed by atoms with E-state index < -0.39 is 0 Å². The zero-order valence-electron chi connectivity index (χ0n) is 13.1. The Hall–Kier alpha value is -1.03. The molecular formula is C19H18BrClO2. The molecule has 0 unspecified atom stereocenters. The first-order valence-corrected chi connectivity index (χ1v) is 9.00. The quantitative estimate of drug-likeness (QED) is 0.583. The molecule has 120 valence electrons. The van der Waals surface area contributed by atoms with E-state index in [9.17, 15) is 0 Å². The monoisotopic (exact) mass is 392 g/mol. The number of hydrogen-bond donors (Lipinski definition) is 0. The molecule has 3 atom stereocenters. The SMILES string of the molecule is CC1(C)Oc2ccc(Br)cc2[C@H]2O[C@@H](c3ccc(Cl)cc3)C[C@@H]21. The van der Waals surface area contributed by atoms with E-state index in [0.717, 1.165) is 27.2 Å². The lowest BCUT2D eigenvalue weighted by molar-refractivity contribution is -0.0422. The first-order chi connectivity index (χ1) is 10.9. The Balaban J connectivity index is 1.72. The van der Waals surface area contributed by atoms with Crippen LogP contribution in [0.1, 0.15) is 43.6 Å². The van der Waals surface area contributed by atoms with Crippen molar-refractivity contribution >= 4 is 27.5 Å². The molecule has 0 amide bonds. The smallest absolute Gasteiger partial charge is 0.126 e. The van der Waals surface area contributed by atoms with E-state index in [2.05, 4.69) is 48.0 Å². The largest absolute Gasteiger partial charge is 0.487 e. The highest BCUT2D eigenvalue weighted by atomic mass is 79.9. The fraction of sp³-hybridized carbons (Fsp3) is 0.368. The van der Waals surface area contributed by atoms with Gasteiger partial charge in [0.15, 0.2) is 0 Å². The highest BCUT2D eigenvalue weighted by Crippen LogP contribution is 2.55. The number of rotatable bonds is 1. The van der Waals surface area contributed by atoms with Gasteiger partial charge in [0.1, 0.15) is 11.4 Å². The summed E-state index contributed by atoms with van der Waals surface area (Å²) in [5.74, 6) is 1.25. The van der Waals surface area contributed by atoms with Gasteiger partial charge >= 0.3 is 0 Å². The van der Waals surface area contributed by atoms with Crippen molar-refractivity contribution in [2.75, 3.05) is 0 Å². The van der Waals surface area contributed by atoms with Gasteiger partial charge in [-0.2, -0.15) is 0 Å². The minimum absolute atomic E-state index is 0.0620. The van der Waals surface area contributed by atoms with Crippen molar-refractivity contribution in [3.63, 3.8) is 0 Å². The van der Waals surface area contributed by atoms with Gasteiger partial charge in [-0.05, 0) is 56.2 Å². The van der Waals surface area contributed by atoms with E-state index in [1.165, 1.54) is 5.56 Å². The molecule has 2 aliphatic rings. The van der Waals surface area contributed by atoms with Gasteiger partial charge in [-0.1, -0.05) is 39.7 Å². The summed E-state index contributed by atoms with van der Waals surface area (Å²) in [5.41, 5.74) is 2.07. The minimum atomic E-state index is -0.243. The van der Waals surface area contributed by atoms with Crippen LogP contribution in [-0.4, -0.2) is 5.60 Å². The second-order valence-corrected chi connectivity index (χ2v) is 8.18. The predicted molar refractivity (Wildman–Crippen MR) is 95.0 cm³/mol. The average molecular weight is 394 g/mol. The Morgan fingerprint density at radius 2 is 1.87 bits per heavy atom. The maximum absolute atomic E-state index is 6.46. The molecule has 1 fully saturated rings. The summed E-state index contributed by atoms with van der Waals surface area (Å²) in [7, 11) is 0. The van der Waals surface area contributed by atoms with E-state index in [4.69, 9.17) is 21.1 Å². The molecular weight excluding hydrogens is 376 g/mol. The van der Waals surface area contributed by atoms with Crippen molar-refractivity contribution < 1.29 is 9.47 Å². The molecule has 0 radical (unpaired) electrons. The Kier molecular flexibility index (Phi) is 3.71. The van der Waals surface area contributed by atoms with Crippen molar-refractivity contribution in [2.24, 2.45) is 5.92 Å². The maximum atomic E-state index is 6.46. The molecule has 1 saturated heterocycles. The zero-order valence-corrected chi connectivity index (χ0v) is 15.4. The fourth-order valence-electron chi connectivity index (χ4n) is 3.71. The summed E-state index contributed by atoms with van der Waals surface area (Å²) in [4.78, 5) is 0. The predicted octanol–water partition coefficient (Wildman–Crippen LogP) is 6.09. The Labute approximate surface area is 149 Å². The number of hydrogen-bond acceptors (Lipinski definition) is 2. The number of halogens is 2. The van der Waals surface area contributed by atoms with Crippen LogP contribution in [0.5, 0.6) is 5.75 Å². The van der Waals surface area contributed by atoms with Crippen LogP contribution >= 0.6 is 27.5 Å². The molecule has 4 heteroatoms. The molecule has 4 rings (SSSR count). The van der Waals surface area contributed by atoms with Gasteiger partial charge in [-0.15, -0.1) is 0 Å². The lowest BCUT2D eigenvalue weighted by Crippen LogP contribution is -2.42. The van der Waals surface area contributed by atoms with Crippen molar-refractivity contribution in [1.82, 2.24) is 0 Å². The van der Waals surface area contributed by atoms with Crippen LogP contribution in [0.2, 0.25) is 5.02 Å². The van der Waals surface area contributed by atoms with Crippen LogP contribution in [0.4, 0.5) is 0 Å². The third-order valence-corrected chi connectivity index (χ3v) is 5.68. The minimum Gasteiger partial charge on any atom is -0.487 e. The van der Waals surface area contributed by atoms with E-state index >= 15 is 0 Å². The van der Waals surface area contributed by atoms with E-state index in [0.29, 0.717) is 5.92 Å². The number of ether oxygens (including phenoxy) is 2. The van der Waals surface area contributed by atoms with Crippen LogP contribution in [0, 0.1) is 5.92 Å². The molecule has 0 aliphatic carbocycles. The zero-order chi connectivity index (χ0) is 16.2. The molecule has 2 heterocycles. The molecule has 2 nitrogen and oxygen atoms in total. The van der Waals surface area contributed by atoms with Crippen LogP contribution in [0.15, 0.2) is 46.9 Å². The summed E-state index contributed by atoms with van der Waals surface area (Å²) in [6.45, 7) is 4.31. The van der Waals surface area contributed by atoms with Crippen LogP contribution in [0.3, 0.4) is 0 Å². The van der Waals surface area contributed by atoms with Crippen molar-refractivity contribution in [3.05, 3.63) is 63.1 Å². The van der Waals surface area contributed by atoms with Crippen LogP contribution in [0.25, 0.3) is 0 Å². The van der Waals surface area contributed by atoms with Gasteiger partial charge in [-0.3, -0.25) is 0 Å². The Morgan fingerprint density at radius 3 is 2.61 bits per heavy atom. The Morgan fingerprint density at radius 1 is 1.13 bits per heavy atom. The second kappa shape index (κ2) is 5.51. The van der Waals surface area contributed by atoms with Gasteiger partial charge in [-0.25, -0.2) is 0 Å². The molecule has 0 bridgehead atoms. The standard InChI is InChI=1S/C19H18BrClO2/c1-19(2)15-10-17(11-3-6-13(21)7-4-11)22-18(15)14-9-12(20)5-8-16(14)23-19/h3-9,15,17-18H,10H2,1-2H3/t15-,17+,18+/m0/s1. The van der Waals surface area contributed by atoms with E-state index in [1.807, 2.05) is 24.3 Å². The lowest BCUT2D eigenvalue weighted by atomic mass is 9.78. The van der Waals surface area contributed by atoms with Crippen molar-refractivity contribution in [3.8, 4) is 5.75 Å². The normalized spacial score (nSPS) is 27.9. The maximum Gasteiger partial charge on any atom is 0.126 e. The average Bonchev–Trinajstić information content (AvgIpc) is 2.95. The molecule has 23 heavy (non-hydrogen) atoms. The topological polar surface area (TPSA) is 18.5 Å². The first-order valence-electron chi connectivity index (χ1n) is 7.83. The van der Waals surface area contributed by atoms with Gasteiger partial charge in [0.05, 0.1) is 12.2 Å². The molecule has 2 aromatic carbocycles. The number of fused-ring (bicyclic) bond motifs is 3. The number of benzene rings is 2. The summed E-state index contributed by atoms with van der Waals surface area (Å²) < 4.78 is 13.8. The fourth-order valence-corrected chi connectivity index (χ4v) is 4.21. The van der Waals surface area contributed by atoms with Crippen LogP contribution in [-0.2, 0) is 4.74 Å². The lowest BCUT2D eigenvalue weighted by Gasteiger charge is -2.41. The summed E-state index contributed by atoms with van der Waals surface area (Å²) >= 11 is 9.56. The van der Waals surface area contributed by atoms with Crippen molar-refractivity contribution in [2.45, 2.75) is 38.1 Å². The second-order valence-electron chi connectivity index (χ2n) is 6.83. The van der Waals surface area contributed by atoms with Gasteiger partial charge in [0, 0.05) is 21.0 Å². The van der Waals surface area contributed by atoms with E-state index in [-0.39, 0.29) is 17.8 Å².